The first kappa shape index (κ1) is 54.5. The van der Waals surface area contributed by atoms with Gasteiger partial charge < -0.3 is 0 Å². The van der Waals surface area contributed by atoms with Crippen molar-refractivity contribution in [1.82, 2.24) is 59.8 Å². The van der Waals surface area contributed by atoms with Crippen molar-refractivity contribution in [2.24, 2.45) is 0 Å². The van der Waals surface area contributed by atoms with Gasteiger partial charge in [0.2, 0.25) is 0 Å². The number of fused-ring (bicyclic) bond motifs is 3. The lowest BCUT2D eigenvalue weighted by Gasteiger charge is -2.08. The van der Waals surface area contributed by atoms with E-state index in [4.69, 9.17) is 15.0 Å². The number of benzene rings is 9. The summed E-state index contributed by atoms with van der Waals surface area (Å²) in [6, 6.07) is 85.8. The third-order valence-corrected chi connectivity index (χ3v) is 14.6. The molecule has 0 fully saturated rings. The Labute approximate surface area is 503 Å². The van der Waals surface area contributed by atoms with Crippen molar-refractivity contribution in [1.29, 1.82) is 0 Å². The molecule has 12 nitrogen and oxygen atoms in total. The van der Waals surface area contributed by atoms with Crippen molar-refractivity contribution >= 4 is 32.7 Å². The minimum atomic E-state index is 0.680. The molecular formula is C75H54N12. The Morgan fingerprint density at radius 3 is 0.989 bits per heavy atom. The average molecular weight is 1120 g/mol. The molecule has 15 rings (SSSR count). The topological polar surface area (TPSA) is 155 Å². The van der Waals surface area contributed by atoms with E-state index < -0.39 is 0 Å². The Kier molecular flexibility index (Phi) is 15.7. The molecular weight excluding hydrogens is 1070 g/mol. The van der Waals surface area contributed by atoms with Crippen LogP contribution in [0.1, 0.15) is 17.5 Å². The Bertz CT molecular complexity index is 4370. The van der Waals surface area contributed by atoms with E-state index in [2.05, 4.69) is 166 Å². The molecule has 6 aromatic heterocycles. The third kappa shape index (κ3) is 12.3. The van der Waals surface area contributed by atoms with Crippen LogP contribution in [-0.2, 0) is 0 Å². The maximum atomic E-state index is 4.69. The summed E-state index contributed by atoms with van der Waals surface area (Å²) >= 11 is 0. The molecule has 0 spiro atoms. The Morgan fingerprint density at radius 1 is 0.207 bits per heavy atom. The summed E-state index contributed by atoms with van der Waals surface area (Å²) in [5.74, 6) is 6.24. The zero-order valence-corrected chi connectivity index (χ0v) is 47.8. The van der Waals surface area contributed by atoms with Crippen molar-refractivity contribution in [2.45, 2.75) is 20.8 Å². The lowest BCUT2D eigenvalue weighted by Crippen LogP contribution is -1.99. The van der Waals surface area contributed by atoms with Crippen molar-refractivity contribution in [3.8, 4) is 102 Å². The fourth-order valence-electron chi connectivity index (χ4n) is 10.4. The maximum Gasteiger partial charge on any atom is 0.163 e. The van der Waals surface area contributed by atoms with Crippen LogP contribution in [0, 0.1) is 20.8 Å². The van der Waals surface area contributed by atoms with Crippen LogP contribution < -0.4 is 0 Å². The van der Waals surface area contributed by atoms with Crippen molar-refractivity contribution in [3.63, 3.8) is 0 Å². The largest absolute Gasteiger partial charge is 0.256 e. The second-order valence-corrected chi connectivity index (χ2v) is 20.6. The van der Waals surface area contributed by atoms with Crippen LogP contribution >= 0.6 is 0 Å². The predicted molar refractivity (Wildman–Crippen MR) is 349 cm³/mol. The van der Waals surface area contributed by atoms with Gasteiger partial charge in [-0.15, -0.1) is 0 Å². The smallest absolute Gasteiger partial charge is 0.163 e. The molecule has 0 atom stereocenters. The minimum Gasteiger partial charge on any atom is -0.256 e. The summed E-state index contributed by atoms with van der Waals surface area (Å²) in [5, 5.41) is 3.42. The number of aryl methyl sites for hydroxylation is 3. The fraction of sp³-hybridized carbons (Fsp3) is 0.0400. The summed E-state index contributed by atoms with van der Waals surface area (Å²) < 4.78 is 0. The van der Waals surface area contributed by atoms with Crippen LogP contribution in [0.15, 0.2) is 273 Å². The van der Waals surface area contributed by atoms with E-state index in [-0.39, 0.29) is 0 Å². The monoisotopic (exact) mass is 1120 g/mol. The van der Waals surface area contributed by atoms with E-state index in [1.54, 1.807) is 0 Å². The normalized spacial score (nSPS) is 10.9. The van der Waals surface area contributed by atoms with Gasteiger partial charge in [-0.3, -0.25) is 15.0 Å². The molecule has 0 unspecified atom stereocenters. The van der Waals surface area contributed by atoms with Gasteiger partial charge in [0.25, 0.3) is 0 Å². The molecule has 0 amide bonds. The van der Waals surface area contributed by atoms with Crippen LogP contribution in [0.25, 0.3) is 134 Å². The van der Waals surface area contributed by atoms with Crippen LogP contribution in [0.3, 0.4) is 0 Å². The number of para-hydroxylation sites is 2. The van der Waals surface area contributed by atoms with Gasteiger partial charge in [0.1, 0.15) is 17.5 Å². The summed E-state index contributed by atoms with van der Waals surface area (Å²) in [4.78, 5) is 54.7. The van der Waals surface area contributed by atoms with Gasteiger partial charge in [-0.1, -0.05) is 224 Å². The number of rotatable bonds is 9. The Hall–Kier alpha value is -11.8. The number of aromatic nitrogens is 12. The lowest BCUT2D eigenvalue weighted by molar-refractivity contribution is 0.991. The molecule has 87 heavy (non-hydrogen) atoms. The third-order valence-electron chi connectivity index (χ3n) is 14.6. The van der Waals surface area contributed by atoms with Crippen LogP contribution in [0.2, 0.25) is 0 Å². The van der Waals surface area contributed by atoms with E-state index in [0.717, 1.165) is 88.3 Å². The van der Waals surface area contributed by atoms with E-state index >= 15 is 0 Å². The Balaban J connectivity index is 0.000000121. The van der Waals surface area contributed by atoms with Crippen LogP contribution in [0.5, 0.6) is 0 Å². The molecule has 0 radical (unpaired) electrons. The average Bonchev–Trinajstić information content (AvgIpc) is 3.78. The van der Waals surface area contributed by atoms with Gasteiger partial charge >= 0.3 is 0 Å². The molecule has 15 aromatic rings. The van der Waals surface area contributed by atoms with Crippen molar-refractivity contribution < 1.29 is 0 Å². The number of hydrogen-bond acceptors (Lipinski definition) is 12. The molecule has 0 saturated heterocycles. The predicted octanol–water partition coefficient (Wildman–Crippen LogP) is 17.2. The van der Waals surface area contributed by atoms with Crippen molar-refractivity contribution in [2.75, 3.05) is 0 Å². The highest BCUT2D eigenvalue weighted by atomic mass is 15.0. The van der Waals surface area contributed by atoms with Gasteiger partial charge in [0, 0.05) is 73.7 Å². The number of hydrogen-bond donors (Lipinski definition) is 0. The minimum absolute atomic E-state index is 0.680. The van der Waals surface area contributed by atoms with Crippen LogP contribution in [0.4, 0.5) is 0 Å². The second-order valence-electron chi connectivity index (χ2n) is 20.6. The molecule has 414 valence electrons. The summed E-state index contributed by atoms with van der Waals surface area (Å²) in [7, 11) is 0. The first-order valence-corrected chi connectivity index (χ1v) is 28.5. The molecule has 9 aromatic carbocycles. The highest BCUT2D eigenvalue weighted by Crippen LogP contribution is 2.33. The summed E-state index contributed by atoms with van der Waals surface area (Å²) in [5.41, 5.74) is 15.7. The molecule has 0 aliphatic rings. The zero-order valence-electron chi connectivity index (χ0n) is 47.8. The zero-order chi connectivity index (χ0) is 58.9. The molecule has 0 bridgehead atoms. The van der Waals surface area contributed by atoms with Gasteiger partial charge in [-0.25, -0.2) is 44.9 Å². The highest BCUT2D eigenvalue weighted by Gasteiger charge is 2.14. The van der Waals surface area contributed by atoms with Gasteiger partial charge in [-0.05, 0) is 78.9 Å². The molecule has 0 N–H and O–H groups in total. The maximum absolute atomic E-state index is 4.69. The van der Waals surface area contributed by atoms with E-state index in [9.17, 15) is 0 Å². The SMILES string of the molecule is Cc1nc(-c2ccccc2)nc(-c2ccc(-c3cccc4cccnc34)cc2)n1.Cc1nc(-c2ccccc2)nc(-c2ccc(-c3cccc4ncccc34)cc2)n1.Cc1nc(-c2ccccc2)nc(-c2ccc(-c3ccnc4ccccc34)cc2)n1. The van der Waals surface area contributed by atoms with Gasteiger partial charge in [0.15, 0.2) is 34.9 Å². The quantitative estimate of drug-likeness (QED) is 0.135. The lowest BCUT2D eigenvalue weighted by atomic mass is 9.99. The van der Waals surface area contributed by atoms with E-state index in [1.807, 2.05) is 173 Å². The first-order chi connectivity index (χ1) is 42.8. The second kappa shape index (κ2) is 25.0. The van der Waals surface area contributed by atoms with Crippen LogP contribution in [-0.4, -0.2) is 59.8 Å². The van der Waals surface area contributed by atoms with E-state index in [0.29, 0.717) is 52.4 Å². The van der Waals surface area contributed by atoms with Gasteiger partial charge in [0.05, 0.1) is 16.6 Å². The van der Waals surface area contributed by atoms with E-state index in [1.165, 1.54) is 11.1 Å². The molecule has 0 aliphatic carbocycles. The molecule has 12 heteroatoms. The Morgan fingerprint density at radius 2 is 0.517 bits per heavy atom. The molecule has 0 aliphatic heterocycles. The van der Waals surface area contributed by atoms with Gasteiger partial charge in [-0.2, -0.15) is 0 Å². The summed E-state index contributed by atoms with van der Waals surface area (Å²) in [6.07, 6.45) is 5.51. The fourth-order valence-corrected chi connectivity index (χ4v) is 10.4. The molecule has 6 heterocycles. The summed E-state index contributed by atoms with van der Waals surface area (Å²) in [6.45, 7) is 5.69. The number of nitrogens with zero attached hydrogens (tertiary/aromatic N) is 12. The number of pyridine rings is 3. The van der Waals surface area contributed by atoms with Crippen molar-refractivity contribution in [3.05, 3.63) is 291 Å². The standard InChI is InChI=1S/3C25H18N4/c1-17-27-24(20-7-3-2-4-8-20)29-25(28-17)21-14-12-18(13-15-21)22-11-5-9-19-10-6-16-26-23(19)22;1-17-27-24(19-7-3-2-4-8-19)29-25(28-17)20-14-12-18(13-15-20)21-9-5-11-23-22(21)10-6-16-26-23;1-17-27-24(19-7-3-2-4-8-19)29-25(28-17)20-13-11-18(12-14-20)21-15-16-26-23-10-6-5-9-22(21)23/h3*2-16H,1H3. The first-order valence-electron chi connectivity index (χ1n) is 28.5. The highest BCUT2D eigenvalue weighted by molar-refractivity contribution is 5.96. The molecule has 0 saturated carbocycles.